The minimum absolute atomic E-state index is 0.0889. The van der Waals surface area contributed by atoms with Gasteiger partial charge < -0.3 is 16.2 Å². The smallest absolute Gasteiger partial charge is 0.406 e. The van der Waals surface area contributed by atoms with Gasteiger partial charge in [0.15, 0.2) is 0 Å². The molecule has 2 aromatic rings. The number of rotatable bonds is 2. The van der Waals surface area contributed by atoms with Gasteiger partial charge in [0.05, 0.1) is 5.69 Å². The maximum Gasteiger partial charge on any atom is 0.573 e. The van der Waals surface area contributed by atoms with Crippen LogP contribution in [-0.4, -0.2) is 16.3 Å². The summed E-state index contributed by atoms with van der Waals surface area (Å²) in [4.78, 5) is 8.35. The fourth-order valence-corrected chi connectivity index (χ4v) is 3.35. The number of alkyl halides is 3. The first-order valence-electron chi connectivity index (χ1n) is 7.36. The van der Waals surface area contributed by atoms with Crippen molar-refractivity contribution < 1.29 is 17.9 Å². The number of nitrogens with two attached hydrogens (primary N) is 2. The minimum atomic E-state index is -4.71. The Balaban J connectivity index is 1.98. The number of nitrogens with zero attached hydrogens (tertiary/aromatic N) is 2. The number of benzene rings is 1. The molecule has 5 nitrogen and oxygen atoms in total. The van der Waals surface area contributed by atoms with Crippen molar-refractivity contribution in [3.8, 4) is 5.75 Å². The predicted octanol–water partition coefficient (Wildman–Crippen LogP) is 3.35. The maximum absolute atomic E-state index is 12.3. The standard InChI is InChI=1S/C16H17F3N4O/c1-15(2)7-10(12-11(15)13(20)23-14(21)22-12)8-3-5-9(6-4-8)24-16(17,18)19/h3-6,10H,7H2,1-2H3,(H4,20,21,22,23). The highest BCUT2D eigenvalue weighted by Crippen LogP contribution is 2.49. The molecule has 0 bridgehead atoms. The van der Waals surface area contributed by atoms with Crippen LogP contribution in [0.3, 0.4) is 0 Å². The van der Waals surface area contributed by atoms with Crippen molar-refractivity contribution >= 4 is 11.8 Å². The zero-order chi connectivity index (χ0) is 17.7. The van der Waals surface area contributed by atoms with Crippen LogP contribution in [0.15, 0.2) is 24.3 Å². The number of aromatic nitrogens is 2. The molecule has 0 fully saturated rings. The molecule has 1 aromatic heterocycles. The average Bonchev–Trinajstić information content (AvgIpc) is 2.69. The largest absolute Gasteiger partial charge is 0.573 e. The zero-order valence-corrected chi connectivity index (χ0v) is 13.2. The first-order chi connectivity index (χ1) is 11.1. The second-order valence-corrected chi connectivity index (χ2v) is 6.48. The van der Waals surface area contributed by atoms with Crippen LogP contribution in [0.25, 0.3) is 0 Å². The Morgan fingerprint density at radius 3 is 2.33 bits per heavy atom. The van der Waals surface area contributed by atoms with Gasteiger partial charge in [-0.3, -0.25) is 0 Å². The van der Waals surface area contributed by atoms with Crippen LogP contribution in [-0.2, 0) is 5.41 Å². The normalized spacial score (nSPS) is 19.1. The lowest BCUT2D eigenvalue weighted by Crippen LogP contribution is -2.17. The van der Waals surface area contributed by atoms with E-state index < -0.39 is 6.36 Å². The molecular formula is C16H17F3N4O. The highest BCUT2D eigenvalue weighted by atomic mass is 19.4. The number of ether oxygens (including phenoxy) is 1. The topological polar surface area (TPSA) is 87.0 Å². The van der Waals surface area contributed by atoms with Crippen molar-refractivity contribution in [3.05, 3.63) is 41.1 Å². The Morgan fingerprint density at radius 1 is 1.12 bits per heavy atom. The summed E-state index contributed by atoms with van der Waals surface area (Å²) in [5.74, 6) is 0.0704. The third-order valence-corrected chi connectivity index (χ3v) is 4.22. The summed E-state index contributed by atoms with van der Waals surface area (Å²) >= 11 is 0. The van der Waals surface area contributed by atoms with E-state index in [1.807, 2.05) is 13.8 Å². The van der Waals surface area contributed by atoms with Crippen molar-refractivity contribution in [2.24, 2.45) is 0 Å². The van der Waals surface area contributed by atoms with E-state index in [2.05, 4.69) is 14.7 Å². The van der Waals surface area contributed by atoms with Crippen molar-refractivity contribution in [2.45, 2.75) is 38.0 Å². The highest BCUT2D eigenvalue weighted by Gasteiger charge is 2.41. The molecule has 4 N–H and O–H groups in total. The lowest BCUT2D eigenvalue weighted by molar-refractivity contribution is -0.274. The van der Waals surface area contributed by atoms with Gasteiger partial charge in [-0.05, 0) is 29.5 Å². The summed E-state index contributed by atoms with van der Waals surface area (Å²) in [6, 6.07) is 5.79. The number of hydrogen-bond acceptors (Lipinski definition) is 5. The third-order valence-electron chi connectivity index (χ3n) is 4.22. The maximum atomic E-state index is 12.3. The monoisotopic (exact) mass is 338 g/mol. The number of anilines is 2. The molecule has 0 spiro atoms. The fourth-order valence-electron chi connectivity index (χ4n) is 3.35. The highest BCUT2D eigenvalue weighted by molar-refractivity contribution is 5.56. The molecule has 1 aromatic carbocycles. The Labute approximate surface area is 136 Å². The molecule has 128 valence electrons. The summed E-state index contributed by atoms with van der Waals surface area (Å²) < 4.78 is 40.7. The van der Waals surface area contributed by atoms with Crippen molar-refractivity contribution in [1.29, 1.82) is 0 Å². The quantitative estimate of drug-likeness (QED) is 0.877. The molecule has 0 saturated heterocycles. The number of hydrogen-bond donors (Lipinski definition) is 2. The third kappa shape index (κ3) is 2.95. The molecular weight excluding hydrogens is 321 g/mol. The molecule has 1 unspecified atom stereocenters. The fraction of sp³-hybridized carbons (Fsp3) is 0.375. The Bertz CT molecular complexity index is 772. The van der Waals surface area contributed by atoms with Crippen LogP contribution in [0.2, 0.25) is 0 Å². The van der Waals surface area contributed by atoms with Crippen LogP contribution in [0, 0.1) is 0 Å². The molecule has 3 rings (SSSR count). The number of halogens is 3. The molecule has 1 heterocycles. The Kier molecular flexibility index (Phi) is 3.58. The van der Waals surface area contributed by atoms with E-state index in [1.165, 1.54) is 12.1 Å². The van der Waals surface area contributed by atoms with E-state index >= 15 is 0 Å². The van der Waals surface area contributed by atoms with E-state index in [9.17, 15) is 13.2 Å². The molecule has 1 aliphatic carbocycles. The second-order valence-electron chi connectivity index (χ2n) is 6.48. The number of fused-ring (bicyclic) bond motifs is 1. The lowest BCUT2D eigenvalue weighted by Gasteiger charge is -2.20. The Morgan fingerprint density at radius 2 is 1.75 bits per heavy atom. The summed E-state index contributed by atoms with van der Waals surface area (Å²) in [6.07, 6.45) is -4.00. The van der Waals surface area contributed by atoms with Gasteiger partial charge in [-0.2, -0.15) is 4.98 Å². The van der Waals surface area contributed by atoms with E-state index in [0.29, 0.717) is 12.2 Å². The van der Waals surface area contributed by atoms with Gasteiger partial charge in [-0.1, -0.05) is 26.0 Å². The molecule has 24 heavy (non-hydrogen) atoms. The first-order valence-corrected chi connectivity index (χ1v) is 7.36. The van der Waals surface area contributed by atoms with Gasteiger partial charge >= 0.3 is 6.36 Å². The van der Waals surface area contributed by atoms with Crippen LogP contribution >= 0.6 is 0 Å². The summed E-state index contributed by atoms with van der Waals surface area (Å²) in [7, 11) is 0. The van der Waals surface area contributed by atoms with E-state index in [0.717, 1.165) is 16.8 Å². The Hall–Kier alpha value is -2.51. The molecule has 1 aliphatic rings. The van der Waals surface area contributed by atoms with Crippen LogP contribution < -0.4 is 16.2 Å². The molecule has 0 aliphatic heterocycles. The average molecular weight is 338 g/mol. The molecule has 0 saturated carbocycles. The molecule has 0 radical (unpaired) electrons. The van der Waals surface area contributed by atoms with E-state index in [1.54, 1.807) is 12.1 Å². The van der Waals surface area contributed by atoms with E-state index in [4.69, 9.17) is 11.5 Å². The summed E-state index contributed by atoms with van der Waals surface area (Å²) in [5, 5.41) is 0. The van der Waals surface area contributed by atoms with Crippen LogP contribution in [0.5, 0.6) is 5.75 Å². The second kappa shape index (κ2) is 5.25. The molecule has 0 amide bonds. The minimum Gasteiger partial charge on any atom is -0.406 e. The van der Waals surface area contributed by atoms with Gasteiger partial charge in [0.25, 0.3) is 0 Å². The summed E-state index contributed by atoms with van der Waals surface area (Å²) in [6.45, 7) is 4.06. The van der Waals surface area contributed by atoms with Gasteiger partial charge in [0.1, 0.15) is 11.6 Å². The van der Waals surface area contributed by atoms with Crippen LogP contribution in [0.1, 0.15) is 43.0 Å². The number of nitrogen functional groups attached to an aromatic ring is 2. The van der Waals surface area contributed by atoms with Crippen molar-refractivity contribution in [3.63, 3.8) is 0 Å². The predicted molar refractivity (Wildman–Crippen MR) is 83.5 cm³/mol. The van der Waals surface area contributed by atoms with Gasteiger partial charge in [-0.15, -0.1) is 13.2 Å². The van der Waals surface area contributed by atoms with Gasteiger partial charge in [0, 0.05) is 11.5 Å². The first kappa shape index (κ1) is 16.4. The lowest BCUT2D eigenvalue weighted by atomic mass is 9.85. The molecule has 8 heteroatoms. The van der Waals surface area contributed by atoms with Crippen LogP contribution in [0.4, 0.5) is 24.9 Å². The SMILES string of the molecule is CC1(C)CC(c2ccc(OC(F)(F)F)cc2)c2nc(N)nc(N)c21. The molecule has 1 atom stereocenters. The van der Waals surface area contributed by atoms with Gasteiger partial charge in [0.2, 0.25) is 5.95 Å². The zero-order valence-electron chi connectivity index (χ0n) is 13.2. The van der Waals surface area contributed by atoms with Gasteiger partial charge in [-0.25, -0.2) is 4.98 Å². The summed E-state index contributed by atoms with van der Waals surface area (Å²) in [5.41, 5.74) is 13.9. The van der Waals surface area contributed by atoms with E-state index in [-0.39, 0.29) is 23.0 Å². The van der Waals surface area contributed by atoms with Crippen molar-refractivity contribution in [2.75, 3.05) is 11.5 Å². The van der Waals surface area contributed by atoms with Crippen molar-refractivity contribution in [1.82, 2.24) is 9.97 Å².